The molecule has 0 saturated heterocycles. The summed E-state index contributed by atoms with van der Waals surface area (Å²) < 4.78 is 27.3. The molecule has 2 aromatic carbocycles. The highest BCUT2D eigenvalue weighted by molar-refractivity contribution is 7.89. The molecule has 0 spiro atoms. The standard InChI is InChI=1S/C22H28N2O3S/c1-3-17(2)24-28(26,27)20-12-10-18(11-13-20)21(25)23-16-22(14-7-15-22)19-8-5-4-6-9-19/h4-6,8-13,17,24H,3,7,14-16H2,1-2H3,(H,23,25). The van der Waals surface area contributed by atoms with Crippen molar-refractivity contribution >= 4 is 15.9 Å². The lowest BCUT2D eigenvalue weighted by atomic mass is 9.64. The number of rotatable bonds is 8. The second-order valence-electron chi connectivity index (χ2n) is 7.64. The van der Waals surface area contributed by atoms with Crippen LogP contribution in [0.15, 0.2) is 59.5 Å². The summed E-state index contributed by atoms with van der Waals surface area (Å²) in [5, 5.41) is 3.04. The minimum atomic E-state index is -3.56. The molecule has 0 bridgehead atoms. The molecule has 1 aliphatic carbocycles. The van der Waals surface area contributed by atoms with Crippen molar-refractivity contribution in [3.63, 3.8) is 0 Å². The predicted molar refractivity (Wildman–Crippen MR) is 111 cm³/mol. The SMILES string of the molecule is CCC(C)NS(=O)(=O)c1ccc(C(=O)NCC2(c3ccccc3)CCC2)cc1. The molecule has 0 heterocycles. The number of carbonyl (C=O) groups excluding carboxylic acids is 1. The molecule has 1 amide bonds. The lowest BCUT2D eigenvalue weighted by Gasteiger charge is -2.42. The second kappa shape index (κ2) is 8.45. The van der Waals surface area contributed by atoms with Gasteiger partial charge in [0.2, 0.25) is 10.0 Å². The Bertz CT molecular complexity index is 905. The fourth-order valence-electron chi connectivity index (χ4n) is 3.52. The summed E-state index contributed by atoms with van der Waals surface area (Å²) in [5.41, 5.74) is 1.74. The average Bonchev–Trinajstić information content (AvgIpc) is 2.67. The van der Waals surface area contributed by atoms with Crippen molar-refractivity contribution in [2.75, 3.05) is 6.54 Å². The van der Waals surface area contributed by atoms with Gasteiger partial charge in [-0.1, -0.05) is 43.7 Å². The summed E-state index contributed by atoms with van der Waals surface area (Å²) in [4.78, 5) is 12.7. The van der Waals surface area contributed by atoms with Crippen molar-refractivity contribution in [3.8, 4) is 0 Å². The lowest BCUT2D eigenvalue weighted by molar-refractivity contribution is 0.0927. The summed E-state index contributed by atoms with van der Waals surface area (Å²) in [6.07, 6.45) is 4.01. The molecule has 6 heteroatoms. The van der Waals surface area contributed by atoms with Crippen molar-refractivity contribution in [3.05, 3.63) is 65.7 Å². The van der Waals surface area contributed by atoms with Crippen molar-refractivity contribution in [2.45, 2.75) is 55.9 Å². The minimum absolute atomic E-state index is 0.0143. The predicted octanol–water partition coefficient (Wildman–Crippen LogP) is 3.62. The molecule has 1 aliphatic rings. The average molecular weight is 401 g/mol. The van der Waals surface area contributed by atoms with E-state index in [-0.39, 0.29) is 22.3 Å². The fourth-order valence-corrected chi connectivity index (χ4v) is 4.84. The minimum Gasteiger partial charge on any atom is -0.351 e. The maximum Gasteiger partial charge on any atom is 0.251 e. The number of hydrogen-bond acceptors (Lipinski definition) is 3. The summed E-state index contributed by atoms with van der Waals surface area (Å²) in [5.74, 6) is -0.180. The van der Waals surface area contributed by atoms with Crippen LogP contribution in [0.25, 0.3) is 0 Å². The number of benzene rings is 2. The first kappa shape index (κ1) is 20.6. The van der Waals surface area contributed by atoms with Gasteiger partial charge in [0.25, 0.3) is 5.91 Å². The van der Waals surface area contributed by atoms with Crippen LogP contribution in [0.2, 0.25) is 0 Å². The van der Waals surface area contributed by atoms with E-state index < -0.39 is 10.0 Å². The van der Waals surface area contributed by atoms with Gasteiger partial charge < -0.3 is 5.32 Å². The van der Waals surface area contributed by atoms with Crippen LogP contribution in [0.3, 0.4) is 0 Å². The van der Waals surface area contributed by atoms with Crippen molar-refractivity contribution in [1.29, 1.82) is 0 Å². The molecule has 2 aromatic rings. The normalized spacial score (nSPS) is 16.8. The van der Waals surface area contributed by atoms with Gasteiger partial charge in [-0.15, -0.1) is 0 Å². The maximum atomic E-state index is 12.6. The second-order valence-corrected chi connectivity index (χ2v) is 9.35. The highest BCUT2D eigenvalue weighted by Gasteiger charge is 2.38. The topological polar surface area (TPSA) is 75.3 Å². The van der Waals surface area contributed by atoms with Gasteiger partial charge >= 0.3 is 0 Å². The Kier molecular flexibility index (Phi) is 6.20. The van der Waals surface area contributed by atoms with E-state index in [0.717, 1.165) is 12.8 Å². The van der Waals surface area contributed by atoms with Gasteiger partial charge in [0.1, 0.15) is 0 Å². The first-order valence-electron chi connectivity index (χ1n) is 9.82. The molecular formula is C22H28N2O3S. The van der Waals surface area contributed by atoms with Gasteiger partial charge in [0.05, 0.1) is 4.90 Å². The zero-order valence-electron chi connectivity index (χ0n) is 16.4. The maximum absolute atomic E-state index is 12.6. The third-order valence-electron chi connectivity index (χ3n) is 5.68. The summed E-state index contributed by atoms with van der Waals surface area (Å²) in [6, 6.07) is 16.3. The Morgan fingerprint density at radius 1 is 1.07 bits per heavy atom. The fraction of sp³-hybridized carbons (Fsp3) is 0.409. The Morgan fingerprint density at radius 3 is 2.25 bits per heavy atom. The molecule has 0 aromatic heterocycles. The van der Waals surface area contributed by atoms with Crippen LogP contribution in [0, 0.1) is 0 Å². The molecule has 150 valence electrons. The van der Waals surface area contributed by atoms with Crippen molar-refractivity contribution in [1.82, 2.24) is 10.0 Å². The smallest absolute Gasteiger partial charge is 0.251 e. The largest absolute Gasteiger partial charge is 0.351 e. The van der Waals surface area contributed by atoms with E-state index in [4.69, 9.17) is 0 Å². The van der Waals surface area contributed by atoms with E-state index >= 15 is 0 Å². The Labute approximate surface area is 167 Å². The van der Waals surface area contributed by atoms with Crippen molar-refractivity contribution in [2.24, 2.45) is 0 Å². The van der Waals surface area contributed by atoms with E-state index in [9.17, 15) is 13.2 Å². The van der Waals surface area contributed by atoms with E-state index in [1.807, 2.05) is 32.0 Å². The molecule has 1 atom stereocenters. The molecule has 0 radical (unpaired) electrons. The monoisotopic (exact) mass is 400 g/mol. The number of nitrogens with one attached hydrogen (secondary N) is 2. The van der Waals surface area contributed by atoms with Crippen molar-refractivity contribution < 1.29 is 13.2 Å². The molecule has 1 fully saturated rings. The molecule has 5 nitrogen and oxygen atoms in total. The zero-order chi connectivity index (χ0) is 20.2. The number of sulfonamides is 1. The third kappa shape index (κ3) is 4.45. The summed E-state index contributed by atoms with van der Waals surface area (Å²) in [7, 11) is -3.56. The van der Waals surface area contributed by atoms with Gasteiger partial charge in [-0.3, -0.25) is 4.79 Å². The molecular weight excluding hydrogens is 372 g/mol. The zero-order valence-corrected chi connectivity index (χ0v) is 17.3. The van der Waals surface area contributed by atoms with Crippen LogP contribution in [-0.2, 0) is 15.4 Å². The Morgan fingerprint density at radius 2 is 1.71 bits per heavy atom. The highest BCUT2D eigenvalue weighted by atomic mass is 32.2. The first-order chi connectivity index (χ1) is 13.4. The van der Waals surface area contributed by atoms with E-state index in [1.165, 1.54) is 24.1 Å². The summed E-state index contributed by atoms with van der Waals surface area (Å²) in [6.45, 7) is 4.33. The molecule has 1 saturated carbocycles. The summed E-state index contributed by atoms with van der Waals surface area (Å²) >= 11 is 0. The van der Waals surface area contributed by atoms with Gasteiger partial charge in [0.15, 0.2) is 0 Å². The molecule has 2 N–H and O–H groups in total. The molecule has 3 rings (SSSR count). The number of carbonyl (C=O) groups is 1. The van der Waals surface area contributed by atoms with Crippen LogP contribution in [0.5, 0.6) is 0 Å². The van der Waals surface area contributed by atoms with Crippen LogP contribution in [0.4, 0.5) is 0 Å². The highest BCUT2D eigenvalue weighted by Crippen LogP contribution is 2.43. The number of hydrogen-bond donors (Lipinski definition) is 2. The molecule has 0 aliphatic heterocycles. The van der Waals surface area contributed by atoms with Gasteiger partial charge in [-0.2, -0.15) is 0 Å². The van der Waals surface area contributed by atoms with Crippen LogP contribution in [0.1, 0.15) is 55.5 Å². The van der Waals surface area contributed by atoms with Crippen LogP contribution < -0.4 is 10.0 Å². The van der Waals surface area contributed by atoms with Gasteiger partial charge in [-0.05, 0) is 56.0 Å². The van der Waals surface area contributed by atoms with Crippen LogP contribution in [-0.4, -0.2) is 26.9 Å². The van der Waals surface area contributed by atoms with E-state index in [1.54, 1.807) is 12.1 Å². The molecule has 1 unspecified atom stereocenters. The molecule has 28 heavy (non-hydrogen) atoms. The van der Waals surface area contributed by atoms with Gasteiger partial charge in [-0.25, -0.2) is 13.1 Å². The lowest BCUT2D eigenvalue weighted by Crippen LogP contribution is -2.45. The third-order valence-corrected chi connectivity index (χ3v) is 7.29. The number of amides is 1. The quantitative estimate of drug-likeness (QED) is 0.711. The van der Waals surface area contributed by atoms with E-state index in [0.29, 0.717) is 18.5 Å². The van der Waals surface area contributed by atoms with E-state index in [2.05, 4.69) is 22.2 Å². The Balaban J connectivity index is 1.65. The Hall–Kier alpha value is -2.18. The van der Waals surface area contributed by atoms with Gasteiger partial charge in [0, 0.05) is 23.6 Å². The van der Waals surface area contributed by atoms with Crippen LogP contribution >= 0.6 is 0 Å². The first-order valence-corrected chi connectivity index (χ1v) is 11.3.